The van der Waals surface area contributed by atoms with Crippen molar-refractivity contribution in [2.24, 2.45) is 5.73 Å². The molecule has 1 aromatic carbocycles. The largest absolute Gasteiger partial charge is 0.372 e. The lowest BCUT2D eigenvalue weighted by atomic mass is 10.1. The van der Waals surface area contributed by atoms with Crippen molar-refractivity contribution in [2.75, 3.05) is 11.9 Å². The van der Waals surface area contributed by atoms with Crippen LogP contribution in [0.3, 0.4) is 0 Å². The molecule has 15 heavy (non-hydrogen) atoms. The first-order valence-corrected chi connectivity index (χ1v) is 5.62. The predicted octanol–water partition coefficient (Wildman–Crippen LogP) is 2.69. The van der Waals surface area contributed by atoms with Gasteiger partial charge in [-0.25, -0.2) is 0 Å². The lowest BCUT2D eigenvalue weighted by Gasteiger charge is -2.27. The molecule has 0 aromatic heterocycles. The first-order chi connectivity index (χ1) is 7.10. The number of nitrogens with two attached hydrogens (primary N) is 1. The number of hydrogen-bond acceptors (Lipinski definition) is 2. The number of nitrogens with zero attached hydrogens (tertiary/aromatic N) is 1. The van der Waals surface area contributed by atoms with Gasteiger partial charge in [0.05, 0.1) is 0 Å². The van der Waals surface area contributed by atoms with Crippen LogP contribution in [-0.2, 0) is 6.54 Å². The fraction of sp³-hybridized carbons (Fsp3) is 0.538. The van der Waals surface area contributed by atoms with Crippen molar-refractivity contribution in [3.05, 3.63) is 29.3 Å². The molecule has 84 valence electrons. The predicted molar refractivity (Wildman–Crippen MR) is 67.2 cm³/mol. The minimum atomic E-state index is 0.576. The molecule has 0 amide bonds. The number of benzene rings is 1. The summed E-state index contributed by atoms with van der Waals surface area (Å²) in [6, 6.07) is 7.03. The van der Waals surface area contributed by atoms with Crippen molar-refractivity contribution in [1.82, 2.24) is 0 Å². The Labute approximate surface area is 93.1 Å². The molecule has 2 N–H and O–H groups in total. The van der Waals surface area contributed by atoms with E-state index in [9.17, 15) is 0 Å². The van der Waals surface area contributed by atoms with E-state index in [0.29, 0.717) is 12.6 Å². The molecule has 1 aromatic rings. The Kier molecular flexibility index (Phi) is 4.15. The van der Waals surface area contributed by atoms with Gasteiger partial charge in [-0.2, -0.15) is 0 Å². The van der Waals surface area contributed by atoms with Crippen molar-refractivity contribution in [3.8, 4) is 0 Å². The smallest absolute Gasteiger partial charge is 0.0395 e. The lowest BCUT2D eigenvalue weighted by Crippen LogP contribution is -2.28. The second-order valence-corrected chi connectivity index (χ2v) is 4.19. The Morgan fingerprint density at radius 1 is 1.40 bits per heavy atom. The van der Waals surface area contributed by atoms with Crippen LogP contribution in [0.2, 0.25) is 0 Å². The summed E-state index contributed by atoms with van der Waals surface area (Å²) in [6.07, 6.45) is 1.16. The normalized spacial score (nSPS) is 12.6. The highest BCUT2D eigenvalue weighted by Gasteiger charge is 2.10. The van der Waals surface area contributed by atoms with Crippen LogP contribution in [0.1, 0.15) is 31.4 Å². The van der Waals surface area contributed by atoms with Crippen molar-refractivity contribution in [1.29, 1.82) is 0 Å². The van der Waals surface area contributed by atoms with E-state index in [-0.39, 0.29) is 0 Å². The van der Waals surface area contributed by atoms with Crippen LogP contribution < -0.4 is 10.6 Å². The third kappa shape index (κ3) is 2.72. The number of rotatable bonds is 4. The van der Waals surface area contributed by atoms with Crippen LogP contribution in [-0.4, -0.2) is 13.1 Å². The van der Waals surface area contributed by atoms with Gasteiger partial charge >= 0.3 is 0 Å². The Balaban J connectivity index is 2.95. The molecule has 0 saturated carbocycles. The van der Waals surface area contributed by atoms with Crippen LogP contribution in [0.15, 0.2) is 18.2 Å². The van der Waals surface area contributed by atoms with Crippen LogP contribution >= 0.6 is 0 Å². The summed E-state index contributed by atoms with van der Waals surface area (Å²) in [5.74, 6) is 0. The second kappa shape index (κ2) is 5.17. The van der Waals surface area contributed by atoms with Crippen LogP contribution in [0.4, 0.5) is 5.69 Å². The maximum Gasteiger partial charge on any atom is 0.0395 e. The summed E-state index contributed by atoms with van der Waals surface area (Å²) >= 11 is 0. The van der Waals surface area contributed by atoms with Crippen molar-refractivity contribution >= 4 is 5.69 Å². The molecule has 0 aliphatic carbocycles. The van der Waals surface area contributed by atoms with E-state index in [1.54, 1.807) is 0 Å². The second-order valence-electron chi connectivity index (χ2n) is 4.19. The van der Waals surface area contributed by atoms with Crippen LogP contribution in [0.5, 0.6) is 0 Å². The molecule has 0 spiro atoms. The summed E-state index contributed by atoms with van der Waals surface area (Å²) in [6.45, 7) is 7.22. The molecular weight excluding hydrogens is 184 g/mol. The minimum absolute atomic E-state index is 0.576. The molecule has 0 aliphatic heterocycles. The molecule has 0 bridgehead atoms. The molecule has 1 unspecified atom stereocenters. The summed E-state index contributed by atoms with van der Waals surface area (Å²) in [7, 11) is 2.15. The zero-order valence-corrected chi connectivity index (χ0v) is 10.2. The van der Waals surface area contributed by atoms with Gasteiger partial charge in [0.1, 0.15) is 0 Å². The average Bonchev–Trinajstić information content (AvgIpc) is 2.26. The van der Waals surface area contributed by atoms with Gasteiger partial charge in [0.25, 0.3) is 0 Å². The quantitative estimate of drug-likeness (QED) is 0.820. The van der Waals surface area contributed by atoms with Gasteiger partial charge in [0, 0.05) is 25.3 Å². The van der Waals surface area contributed by atoms with Gasteiger partial charge in [-0.1, -0.05) is 19.1 Å². The third-order valence-corrected chi connectivity index (χ3v) is 3.13. The minimum Gasteiger partial charge on any atom is -0.372 e. The average molecular weight is 206 g/mol. The molecule has 2 nitrogen and oxygen atoms in total. The van der Waals surface area contributed by atoms with Crippen molar-refractivity contribution < 1.29 is 0 Å². The highest BCUT2D eigenvalue weighted by atomic mass is 15.1. The fourth-order valence-corrected chi connectivity index (χ4v) is 1.75. The van der Waals surface area contributed by atoms with Gasteiger partial charge in [-0.15, -0.1) is 0 Å². The van der Waals surface area contributed by atoms with Crippen LogP contribution in [0.25, 0.3) is 0 Å². The van der Waals surface area contributed by atoms with E-state index in [1.165, 1.54) is 16.8 Å². The molecule has 0 fully saturated rings. The molecule has 0 radical (unpaired) electrons. The van der Waals surface area contributed by atoms with E-state index >= 15 is 0 Å². The lowest BCUT2D eigenvalue weighted by molar-refractivity contribution is 0.662. The summed E-state index contributed by atoms with van der Waals surface area (Å²) in [4.78, 5) is 2.33. The Morgan fingerprint density at radius 3 is 2.53 bits per heavy atom. The Bertz CT molecular complexity index is 320. The topological polar surface area (TPSA) is 29.3 Å². The van der Waals surface area contributed by atoms with E-state index in [2.05, 4.69) is 50.9 Å². The molecule has 1 atom stereocenters. The summed E-state index contributed by atoms with van der Waals surface area (Å²) in [5.41, 5.74) is 9.43. The van der Waals surface area contributed by atoms with Gasteiger partial charge in [0.2, 0.25) is 0 Å². The van der Waals surface area contributed by atoms with Crippen LogP contribution in [0, 0.1) is 6.92 Å². The van der Waals surface area contributed by atoms with Gasteiger partial charge in [0.15, 0.2) is 0 Å². The number of hydrogen-bond donors (Lipinski definition) is 1. The third-order valence-electron chi connectivity index (χ3n) is 3.13. The molecular formula is C13H22N2. The number of aryl methyl sites for hydroxylation is 1. The molecule has 0 aliphatic rings. The number of anilines is 1. The highest BCUT2D eigenvalue weighted by molar-refractivity contribution is 5.54. The SMILES string of the molecule is CCC(C)N(C)c1ccc(CN)cc1C. The van der Waals surface area contributed by atoms with Crippen molar-refractivity contribution in [2.45, 2.75) is 39.8 Å². The van der Waals surface area contributed by atoms with Gasteiger partial charge in [-0.3, -0.25) is 0 Å². The zero-order valence-electron chi connectivity index (χ0n) is 10.2. The summed E-state index contributed by atoms with van der Waals surface area (Å²) in [5, 5.41) is 0. The van der Waals surface area contributed by atoms with E-state index in [1.807, 2.05) is 0 Å². The monoisotopic (exact) mass is 206 g/mol. The first-order valence-electron chi connectivity index (χ1n) is 5.62. The molecule has 0 heterocycles. The standard InChI is InChI=1S/C13H22N2/c1-5-11(3)15(4)13-7-6-12(9-14)8-10(13)2/h6-8,11H,5,9,14H2,1-4H3. The van der Waals surface area contributed by atoms with Crippen molar-refractivity contribution in [3.63, 3.8) is 0 Å². The maximum atomic E-state index is 5.62. The molecule has 2 heteroatoms. The molecule has 0 saturated heterocycles. The summed E-state index contributed by atoms with van der Waals surface area (Å²) < 4.78 is 0. The Morgan fingerprint density at radius 2 is 2.07 bits per heavy atom. The highest BCUT2D eigenvalue weighted by Crippen LogP contribution is 2.22. The van der Waals surface area contributed by atoms with Gasteiger partial charge in [-0.05, 0) is 37.5 Å². The van der Waals surface area contributed by atoms with Gasteiger partial charge < -0.3 is 10.6 Å². The molecule has 1 rings (SSSR count). The Hall–Kier alpha value is -1.02. The zero-order chi connectivity index (χ0) is 11.4. The van der Waals surface area contributed by atoms with E-state index in [4.69, 9.17) is 5.73 Å². The fourth-order valence-electron chi connectivity index (χ4n) is 1.75. The van der Waals surface area contributed by atoms with E-state index in [0.717, 1.165) is 6.42 Å². The maximum absolute atomic E-state index is 5.62. The van der Waals surface area contributed by atoms with E-state index < -0.39 is 0 Å². The first kappa shape index (κ1) is 12.1.